The number of hydrogen-bond acceptors (Lipinski definition) is 2. The molecule has 0 aromatic heterocycles. The molecule has 1 aliphatic rings. The van der Waals surface area contributed by atoms with Gasteiger partial charge in [-0.1, -0.05) is 23.7 Å². The second-order valence-corrected chi connectivity index (χ2v) is 6.45. The minimum absolute atomic E-state index is 0.612. The summed E-state index contributed by atoms with van der Waals surface area (Å²) in [7, 11) is 0. The summed E-state index contributed by atoms with van der Waals surface area (Å²) < 4.78 is 0. The molecule has 3 heteroatoms. The molecule has 1 nitrogen and oxygen atoms in total. The Hall–Kier alpha value is -1.43. The molecular formula is C17H14ClNS. The highest BCUT2D eigenvalue weighted by atomic mass is 35.5. The maximum Gasteiger partial charge on any atom is 0.0992 e. The van der Waals surface area contributed by atoms with E-state index in [0.29, 0.717) is 10.6 Å². The smallest absolute Gasteiger partial charge is 0.0992 e. The molecule has 100 valence electrons. The van der Waals surface area contributed by atoms with Crippen molar-refractivity contribution >= 4 is 23.4 Å². The van der Waals surface area contributed by atoms with Crippen molar-refractivity contribution in [1.29, 1.82) is 5.26 Å². The van der Waals surface area contributed by atoms with Gasteiger partial charge in [0.2, 0.25) is 0 Å². The summed E-state index contributed by atoms with van der Waals surface area (Å²) in [4.78, 5) is 1.30. The fourth-order valence-corrected chi connectivity index (χ4v) is 3.82. The maximum absolute atomic E-state index is 8.84. The second kappa shape index (κ2) is 5.91. The third kappa shape index (κ3) is 2.85. The lowest BCUT2D eigenvalue weighted by Gasteiger charge is -2.07. The lowest BCUT2D eigenvalue weighted by atomic mass is 10.1. The van der Waals surface area contributed by atoms with Crippen molar-refractivity contribution in [2.45, 2.75) is 29.9 Å². The van der Waals surface area contributed by atoms with Gasteiger partial charge in [-0.3, -0.25) is 0 Å². The molecule has 3 rings (SSSR count). The first-order valence-corrected chi connectivity index (χ1v) is 8.06. The molecule has 0 aliphatic heterocycles. The number of aryl methyl sites for hydroxylation is 2. The van der Waals surface area contributed by atoms with Gasteiger partial charge < -0.3 is 0 Å². The standard InChI is InChI=1S/C17H14ClNS/c18-17-8-12(10-19)4-5-15(17)11-20-16-7-6-13-2-1-3-14(13)9-16/h4-9H,1-3,11H2. The van der Waals surface area contributed by atoms with E-state index in [1.54, 1.807) is 17.8 Å². The molecule has 0 fully saturated rings. The van der Waals surface area contributed by atoms with Crippen LogP contribution in [0.3, 0.4) is 0 Å². The van der Waals surface area contributed by atoms with Crippen LogP contribution in [0, 0.1) is 11.3 Å². The Morgan fingerprint density at radius 2 is 1.95 bits per heavy atom. The molecule has 0 unspecified atom stereocenters. The normalized spacial score (nSPS) is 13.0. The topological polar surface area (TPSA) is 23.8 Å². The molecule has 0 amide bonds. The summed E-state index contributed by atoms with van der Waals surface area (Å²) in [5, 5.41) is 9.51. The molecule has 0 atom stereocenters. The molecule has 2 aromatic rings. The Balaban J connectivity index is 1.72. The van der Waals surface area contributed by atoms with E-state index in [1.807, 2.05) is 12.1 Å². The largest absolute Gasteiger partial charge is 0.192 e. The van der Waals surface area contributed by atoms with E-state index in [-0.39, 0.29) is 0 Å². The van der Waals surface area contributed by atoms with Crippen molar-refractivity contribution in [3.8, 4) is 6.07 Å². The average molecular weight is 300 g/mol. The van der Waals surface area contributed by atoms with Crippen molar-refractivity contribution < 1.29 is 0 Å². The Morgan fingerprint density at radius 3 is 2.75 bits per heavy atom. The third-order valence-electron chi connectivity index (χ3n) is 3.65. The average Bonchev–Trinajstić information content (AvgIpc) is 2.93. The third-order valence-corrected chi connectivity index (χ3v) is 5.04. The van der Waals surface area contributed by atoms with E-state index in [0.717, 1.165) is 11.3 Å². The number of rotatable bonds is 3. The highest BCUT2D eigenvalue weighted by molar-refractivity contribution is 7.98. The van der Waals surface area contributed by atoms with Gasteiger partial charge in [-0.05, 0) is 60.2 Å². The predicted molar refractivity (Wildman–Crippen MR) is 84.2 cm³/mol. The van der Waals surface area contributed by atoms with Gasteiger partial charge in [-0.25, -0.2) is 0 Å². The van der Waals surface area contributed by atoms with Crippen LogP contribution in [0.25, 0.3) is 0 Å². The van der Waals surface area contributed by atoms with Crippen molar-refractivity contribution in [2.75, 3.05) is 0 Å². The first-order chi connectivity index (χ1) is 9.76. The lowest BCUT2D eigenvalue weighted by Crippen LogP contribution is -1.86. The van der Waals surface area contributed by atoms with Crippen LogP contribution in [0.15, 0.2) is 41.3 Å². The van der Waals surface area contributed by atoms with Gasteiger partial charge in [0.1, 0.15) is 0 Å². The van der Waals surface area contributed by atoms with Crippen LogP contribution in [0.5, 0.6) is 0 Å². The van der Waals surface area contributed by atoms with Crippen molar-refractivity contribution in [3.63, 3.8) is 0 Å². The van der Waals surface area contributed by atoms with Crippen LogP contribution in [0.2, 0.25) is 5.02 Å². The molecule has 0 spiro atoms. The van der Waals surface area contributed by atoms with E-state index < -0.39 is 0 Å². The number of nitriles is 1. The number of hydrogen-bond donors (Lipinski definition) is 0. The zero-order valence-corrected chi connectivity index (χ0v) is 12.6. The minimum Gasteiger partial charge on any atom is -0.192 e. The number of benzene rings is 2. The quantitative estimate of drug-likeness (QED) is 0.745. The van der Waals surface area contributed by atoms with Gasteiger partial charge in [0, 0.05) is 15.7 Å². The van der Waals surface area contributed by atoms with Crippen LogP contribution in [-0.4, -0.2) is 0 Å². The van der Waals surface area contributed by atoms with E-state index in [1.165, 1.54) is 35.3 Å². The van der Waals surface area contributed by atoms with Gasteiger partial charge in [0.25, 0.3) is 0 Å². The SMILES string of the molecule is N#Cc1ccc(CSc2ccc3c(c2)CCC3)c(Cl)c1. The molecule has 0 bridgehead atoms. The Bertz CT molecular complexity index is 688. The molecule has 20 heavy (non-hydrogen) atoms. The minimum atomic E-state index is 0.612. The van der Waals surface area contributed by atoms with Gasteiger partial charge >= 0.3 is 0 Å². The maximum atomic E-state index is 8.84. The number of halogens is 1. The molecule has 1 aliphatic carbocycles. The zero-order chi connectivity index (χ0) is 13.9. The summed E-state index contributed by atoms with van der Waals surface area (Å²) in [5.41, 5.74) is 4.70. The molecule has 0 saturated carbocycles. The zero-order valence-electron chi connectivity index (χ0n) is 11.0. The first kappa shape index (κ1) is 13.5. The van der Waals surface area contributed by atoms with Crippen LogP contribution in [0.4, 0.5) is 0 Å². The monoisotopic (exact) mass is 299 g/mol. The van der Waals surface area contributed by atoms with E-state index in [4.69, 9.17) is 16.9 Å². The molecule has 2 aromatic carbocycles. The lowest BCUT2D eigenvalue weighted by molar-refractivity contribution is 0.911. The summed E-state index contributed by atoms with van der Waals surface area (Å²) in [6.07, 6.45) is 3.72. The molecular weight excluding hydrogens is 286 g/mol. The number of nitrogens with zero attached hydrogens (tertiary/aromatic N) is 1. The summed E-state index contributed by atoms with van der Waals surface area (Å²) in [6, 6.07) is 14.4. The van der Waals surface area contributed by atoms with Gasteiger partial charge in [0.05, 0.1) is 11.6 Å². The van der Waals surface area contributed by atoms with E-state index in [2.05, 4.69) is 24.3 Å². The Labute approximate surface area is 128 Å². The van der Waals surface area contributed by atoms with E-state index >= 15 is 0 Å². The van der Waals surface area contributed by atoms with Crippen LogP contribution < -0.4 is 0 Å². The molecule has 0 heterocycles. The number of thioether (sulfide) groups is 1. The Morgan fingerprint density at radius 1 is 1.10 bits per heavy atom. The Kier molecular flexibility index (Phi) is 4.00. The van der Waals surface area contributed by atoms with Crippen LogP contribution >= 0.6 is 23.4 Å². The predicted octanol–water partition coefficient (Wildman–Crippen LogP) is 4.99. The van der Waals surface area contributed by atoms with Crippen molar-refractivity contribution in [2.24, 2.45) is 0 Å². The fraction of sp³-hybridized carbons (Fsp3) is 0.235. The van der Waals surface area contributed by atoms with Gasteiger partial charge in [-0.15, -0.1) is 11.8 Å². The van der Waals surface area contributed by atoms with Crippen molar-refractivity contribution in [1.82, 2.24) is 0 Å². The second-order valence-electron chi connectivity index (χ2n) is 4.99. The molecule has 0 saturated heterocycles. The van der Waals surface area contributed by atoms with Crippen LogP contribution in [0.1, 0.15) is 28.7 Å². The van der Waals surface area contributed by atoms with Crippen molar-refractivity contribution in [3.05, 3.63) is 63.7 Å². The van der Waals surface area contributed by atoms with Crippen LogP contribution in [-0.2, 0) is 18.6 Å². The first-order valence-electron chi connectivity index (χ1n) is 6.69. The molecule has 0 N–H and O–H groups in total. The van der Waals surface area contributed by atoms with E-state index in [9.17, 15) is 0 Å². The highest BCUT2D eigenvalue weighted by Crippen LogP contribution is 2.31. The highest BCUT2D eigenvalue weighted by Gasteiger charge is 2.11. The van der Waals surface area contributed by atoms with Gasteiger partial charge in [0.15, 0.2) is 0 Å². The summed E-state index contributed by atoms with van der Waals surface area (Å²) >= 11 is 8.00. The van der Waals surface area contributed by atoms with Gasteiger partial charge in [-0.2, -0.15) is 5.26 Å². The number of fused-ring (bicyclic) bond motifs is 1. The molecule has 0 radical (unpaired) electrons. The summed E-state index contributed by atoms with van der Waals surface area (Å²) in [5.74, 6) is 0.837. The fourth-order valence-electron chi connectivity index (χ4n) is 2.53. The summed E-state index contributed by atoms with van der Waals surface area (Å²) in [6.45, 7) is 0.